The van der Waals surface area contributed by atoms with Crippen molar-refractivity contribution >= 4 is 11.9 Å². The van der Waals surface area contributed by atoms with E-state index < -0.39 is 5.82 Å². The lowest BCUT2D eigenvalue weighted by Crippen LogP contribution is -2.50. The van der Waals surface area contributed by atoms with Gasteiger partial charge in [0, 0.05) is 52.0 Å². The van der Waals surface area contributed by atoms with Gasteiger partial charge in [0.15, 0.2) is 0 Å². The van der Waals surface area contributed by atoms with Crippen molar-refractivity contribution in [3.05, 3.63) is 35.1 Å². The van der Waals surface area contributed by atoms with E-state index >= 15 is 0 Å². The molecule has 0 unspecified atom stereocenters. The van der Waals surface area contributed by atoms with Crippen LogP contribution in [0.3, 0.4) is 0 Å². The quantitative estimate of drug-likeness (QED) is 0.883. The maximum absolute atomic E-state index is 13.6. The van der Waals surface area contributed by atoms with Crippen LogP contribution in [0.2, 0.25) is 0 Å². The van der Waals surface area contributed by atoms with Gasteiger partial charge in [-0.25, -0.2) is 9.18 Å². The lowest BCUT2D eigenvalue weighted by molar-refractivity contribution is 0.0415. The van der Waals surface area contributed by atoms with Crippen molar-refractivity contribution in [2.24, 2.45) is 0 Å². The van der Waals surface area contributed by atoms with E-state index in [1.165, 1.54) is 11.0 Å². The third-order valence-corrected chi connectivity index (χ3v) is 4.33. The molecule has 138 valence electrons. The van der Waals surface area contributed by atoms with Gasteiger partial charge in [-0.1, -0.05) is 6.07 Å². The summed E-state index contributed by atoms with van der Waals surface area (Å²) >= 11 is 0. The maximum Gasteiger partial charge on any atom is 0.319 e. The predicted molar refractivity (Wildman–Crippen MR) is 93.1 cm³/mol. The van der Waals surface area contributed by atoms with Crippen molar-refractivity contribution in [1.82, 2.24) is 15.1 Å². The molecule has 0 aromatic heterocycles. The number of benzene rings is 1. The number of nitrogens with zero attached hydrogens (tertiary/aromatic N) is 2. The van der Waals surface area contributed by atoms with Crippen LogP contribution in [0.1, 0.15) is 28.8 Å². The molecule has 1 saturated heterocycles. The zero-order chi connectivity index (χ0) is 18.4. The number of hydrogen-bond donors (Lipinski definition) is 1. The van der Waals surface area contributed by atoms with Crippen LogP contribution in [0.4, 0.5) is 9.18 Å². The molecule has 0 bridgehead atoms. The summed E-state index contributed by atoms with van der Waals surface area (Å²) in [7, 11) is 3.42. The van der Waals surface area contributed by atoms with Crippen molar-refractivity contribution < 1.29 is 18.7 Å². The fraction of sp³-hybridized carbons (Fsp3) is 0.556. The summed E-state index contributed by atoms with van der Waals surface area (Å²) in [5.74, 6) is -0.748. The summed E-state index contributed by atoms with van der Waals surface area (Å²) in [6.45, 7) is 3.64. The van der Waals surface area contributed by atoms with Crippen LogP contribution in [-0.4, -0.2) is 68.2 Å². The molecular weight excluding hydrogens is 325 g/mol. The summed E-state index contributed by atoms with van der Waals surface area (Å²) in [6, 6.07) is 4.43. The van der Waals surface area contributed by atoms with Gasteiger partial charge in [0.2, 0.25) is 0 Å². The zero-order valence-electron chi connectivity index (χ0n) is 15.0. The third-order valence-electron chi connectivity index (χ3n) is 4.33. The minimum atomic E-state index is -0.403. The summed E-state index contributed by atoms with van der Waals surface area (Å²) in [4.78, 5) is 27.9. The average molecular weight is 351 g/mol. The highest BCUT2D eigenvalue weighted by Crippen LogP contribution is 2.15. The van der Waals surface area contributed by atoms with Gasteiger partial charge in [-0.2, -0.15) is 0 Å². The molecule has 0 radical (unpaired) electrons. The minimum absolute atomic E-state index is 0.0810. The van der Waals surface area contributed by atoms with Gasteiger partial charge in [-0.05, 0) is 37.5 Å². The Kier molecular flexibility index (Phi) is 6.75. The van der Waals surface area contributed by atoms with Gasteiger partial charge in [-0.3, -0.25) is 4.79 Å². The number of rotatable bonds is 5. The molecule has 1 aliphatic heterocycles. The fourth-order valence-electron chi connectivity index (χ4n) is 2.81. The molecular formula is C18H26FN3O3. The monoisotopic (exact) mass is 351 g/mol. The Balaban J connectivity index is 1.94. The van der Waals surface area contributed by atoms with E-state index in [0.29, 0.717) is 31.9 Å². The van der Waals surface area contributed by atoms with Crippen molar-refractivity contribution in [3.63, 3.8) is 0 Å². The zero-order valence-corrected chi connectivity index (χ0v) is 15.0. The lowest BCUT2D eigenvalue weighted by atomic mass is 10.1. The van der Waals surface area contributed by atoms with Gasteiger partial charge in [0.25, 0.3) is 5.91 Å². The Labute approximate surface area is 147 Å². The van der Waals surface area contributed by atoms with Crippen molar-refractivity contribution in [2.45, 2.75) is 25.8 Å². The Morgan fingerprint density at radius 3 is 2.56 bits per heavy atom. The number of ether oxygens (including phenoxy) is 1. The van der Waals surface area contributed by atoms with Gasteiger partial charge < -0.3 is 19.9 Å². The van der Waals surface area contributed by atoms with Crippen LogP contribution in [-0.2, 0) is 4.74 Å². The molecule has 1 N–H and O–H groups in total. The summed E-state index contributed by atoms with van der Waals surface area (Å²) in [5.41, 5.74) is 0.776. The Morgan fingerprint density at radius 2 is 1.96 bits per heavy atom. The number of carbonyl (C=O) groups excluding carboxylic acids is 2. The van der Waals surface area contributed by atoms with Crippen LogP contribution in [0, 0.1) is 12.7 Å². The Morgan fingerprint density at radius 1 is 1.28 bits per heavy atom. The number of amides is 3. The predicted octanol–water partition coefficient (Wildman–Crippen LogP) is 2.03. The molecule has 6 nitrogen and oxygen atoms in total. The van der Waals surface area contributed by atoms with Gasteiger partial charge in [0.1, 0.15) is 5.82 Å². The second-order valence-electron chi connectivity index (χ2n) is 6.43. The molecule has 3 amide bonds. The van der Waals surface area contributed by atoms with Crippen LogP contribution >= 0.6 is 0 Å². The van der Waals surface area contributed by atoms with Crippen molar-refractivity contribution in [3.8, 4) is 0 Å². The highest BCUT2D eigenvalue weighted by molar-refractivity contribution is 5.94. The van der Waals surface area contributed by atoms with Crippen LogP contribution in [0.15, 0.2) is 18.2 Å². The molecule has 2 rings (SSSR count). The SMILES string of the molecule is Cc1ccc(C(=O)NCCN(C(=O)N(C)C)C2CCOCC2)cc1F. The number of aryl methyl sites for hydroxylation is 1. The highest BCUT2D eigenvalue weighted by Gasteiger charge is 2.26. The van der Waals surface area contributed by atoms with E-state index in [1.54, 1.807) is 38.1 Å². The normalized spacial score (nSPS) is 14.9. The first kappa shape index (κ1) is 19.2. The summed E-state index contributed by atoms with van der Waals surface area (Å²) < 4.78 is 18.9. The first-order valence-corrected chi connectivity index (χ1v) is 8.50. The molecule has 0 aliphatic carbocycles. The number of carbonyl (C=O) groups is 2. The molecule has 1 aromatic carbocycles. The minimum Gasteiger partial charge on any atom is -0.381 e. The number of nitrogens with one attached hydrogen (secondary N) is 1. The van der Waals surface area contributed by atoms with Crippen LogP contribution < -0.4 is 5.32 Å². The largest absolute Gasteiger partial charge is 0.381 e. The van der Waals surface area contributed by atoms with Gasteiger partial charge >= 0.3 is 6.03 Å². The molecule has 1 fully saturated rings. The molecule has 0 spiro atoms. The Bertz CT molecular complexity index is 616. The molecule has 1 aromatic rings. The van der Waals surface area contributed by atoms with E-state index in [4.69, 9.17) is 4.74 Å². The lowest BCUT2D eigenvalue weighted by Gasteiger charge is -2.36. The standard InChI is InChI=1S/C18H26FN3O3/c1-13-4-5-14(12-16(13)19)17(23)20-8-9-22(18(24)21(2)3)15-6-10-25-11-7-15/h4-5,12,15H,6-11H2,1-3H3,(H,20,23). The number of halogens is 1. The summed E-state index contributed by atoms with van der Waals surface area (Å²) in [5, 5.41) is 2.76. The van der Waals surface area contributed by atoms with E-state index in [0.717, 1.165) is 12.8 Å². The average Bonchev–Trinajstić information content (AvgIpc) is 2.61. The number of urea groups is 1. The molecule has 0 atom stereocenters. The smallest absolute Gasteiger partial charge is 0.319 e. The second-order valence-corrected chi connectivity index (χ2v) is 6.43. The number of hydrogen-bond acceptors (Lipinski definition) is 3. The molecule has 7 heteroatoms. The van der Waals surface area contributed by atoms with E-state index in [-0.39, 0.29) is 23.5 Å². The van der Waals surface area contributed by atoms with Gasteiger partial charge in [0.05, 0.1) is 0 Å². The van der Waals surface area contributed by atoms with E-state index in [9.17, 15) is 14.0 Å². The third kappa shape index (κ3) is 5.16. The van der Waals surface area contributed by atoms with E-state index in [1.807, 2.05) is 0 Å². The summed E-state index contributed by atoms with van der Waals surface area (Å²) in [6.07, 6.45) is 1.58. The first-order chi connectivity index (χ1) is 11.9. The van der Waals surface area contributed by atoms with Crippen molar-refractivity contribution in [2.75, 3.05) is 40.4 Å². The Hall–Kier alpha value is -2.15. The fourth-order valence-corrected chi connectivity index (χ4v) is 2.81. The highest BCUT2D eigenvalue weighted by atomic mass is 19.1. The molecule has 0 saturated carbocycles. The second kappa shape index (κ2) is 8.80. The molecule has 1 aliphatic rings. The van der Waals surface area contributed by atoms with Crippen LogP contribution in [0.5, 0.6) is 0 Å². The molecule has 25 heavy (non-hydrogen) atoms. The van der Waals surface area contributed by atoms with E-state index in [2.05, 4.69) is 5.32 Å². The van der Waals surface area contributed by atoms with Crippen LogP contribution in [0.25, 0.3) is 0 Å². The molecule has 1 heterocycles. The maximum atomic E-state index is 13.6. The van der Waals surface area contributed by atoms with Crippen molar-refractivity contribution in [1.29, 1.82) is 0 Å². The topological polar surface area (TPSA) is 61.9 Å². The first-order valence-electron chi connectivity index (χ1n) is 8.50. The van der Waals surface area contributed by atoms with Gasteiger partial charge in [-0.15, -0.1) is 0 Å².